The van der Waals surface area contributed by atoms with E-state index in [9.17, 15) is 4.79 Å². The molecule has 2 rings (SSSR count). The second kappa shape index (κ2) is 3.83. The van der Waals surface area contributed by atoms with Gasteiger partial charge in [0, 0.05) is 5.92 Å². The molecule has 0 aromatic rings. The number of hydrogen-bond donors (Lipinski definition) is 2. The lowest BCUT2D eigenvalue weighted by Gasteiger charge is -2.28. The average molecular weight is 210 g/mol. The van der Waals surface area contributed by atoms with Gasteiger partial charge in [-0.3, -0.25) is 10.2 Å². The summed E-state index contributed by atoms with van der Waals surface area (Å²) >= 11 is 0. The molecule has 3 N–H and O–H groups in total. The number of carbonyl (C=O) groups is 1. The van der Waals surface area contributed by atoms with Gasteiger partial charge in [-0.25, -0.2) is 0 Å². The minimum absolute atomic E-state index is 0.0530. The maximum Gasteiger partial charge on any atom is 0.309 e. The Morgan fingerprint density at radius 1 is 1.40 bits per heavy atom. The van der Waals surface area contributed by atoms with Crippen molar-refractivity contribution in [3.8, 4) is 0 Å². The monoisotopic (exact) mass is 210 g/mol. The quantitative estimate of drug-likeness (QED) is 0.417. The Morgan fingerprint density at radius 2 is 2.00 bits per heavy atom. The van der Waals surface area contributed by atoms with E-state index in [-0.39, 0.29) is 23.6 Å². The molecule has 0 aromatic heterocycles. The Kier molecular flexibility index (Phi) is 2.67. The van der Waals surface area contributed by atoms with E-state index in [0.717, 1.165) is 19.3 Å². The molecule has 2 saturated carbocycles. The SMILES string of the molecule is CCOC(=O)[C@@H]1[C@@H]2CC[C@@H](C2)[C@H]1C(=N)N. The van der Waals surface area contributed by atoms with Gasteiger partial charge in [0.2, 0.25) is 0 Å². The molecule has 0 amide bonds. The van der Waals surface area contributed by atoms with Gasteiger partial charge in [0.05, 0.1) is 18.4 Å². The largest absolute Gasteiger partial charge is 0.466 e. The molecule has 4 heteroatoms. The van der Waals surface area contributed by atoms with Crippen LogP contribution in [0.2, 0.25) is 0 Å². The van der Waals surface area contributed by atoms with Gasteiger partial charge in [0.25, 0.3) is 0 Å². The van der Waals surface area contributed by atoms with Crippen molar-refractivity contribution in [2.24, 2.45) is 29.4 Å². The van der Waals surface area contributed by atoms with Crippen LogP contribution >= 0.6 is 0 Å². The first-order valence-electron chi connectivity index (χ1n) is 5.65. The Balaban J connectivity index is 2.14. The molecule has 2 fully saturated rings. The van der Waals surface area contributed by atoms with E-state index in [1.807, 2.05) is 6.92 Å². The zero-order valence-electron chi connectivity index (χ0n) is 9.03. The van der Waals surface area contributed by atoms with Crippen molar-refractivity contribution in [3.63, 3.8) is 0 Å². The summed E-state index contributed by atoms with van der Waals surface area (Å²) in [5, 5.41) is 7.57. The lowest BCUT2D eigenvalue weighted by atomic mass is 9.78. The Labute approximate surface area is 89.7 Å². The molecule has 0 aliphatic heterocycles. The third kappa shape index (κ3) is 1.62. The van der Waals surface area contributed by atoms with Crippen LogP contribution in [0, 0.1) is 29.1 Å². The van der Waals surface area contributed by atoms with Gasteiger partial charge in [-0.1, -0.05) is 0 Å². The summed E-state index contributed by atoms with van der Waals surface area (Å²) in [6, 6.07) is 0. The molecule has 2 aliphatic carbocycles. The van der Waals surface area contributed by atoms with Crippen LogP contribution in [0.15, 0.2) is 0 Å². The van der Waals surface area contributed by atoms with Gasteiger partial charge < -0.3 is 10.5 Å². The highest BCUT2D eigenvalue weighted by atomic mass is 16.5. The molecule has 0 aromatic carbocycles. The molecular weight excluding hydrogens is 192 g/mol. The summed E-state index contributed by atoms with van der Waals surface area (Å²) < 4.78 is 5.07. The van der Waals surface area contributed by atoms with E-state index < -0.39 is 0 Å². The fraction of sp³-hybridized carbons (Fsp3) is 0.818. The van der Waals surface area contributed by atoms with Gasteiger partial charge in [0.15, 0.2) is 0 Å². The Hall–Kier alpha value is -1.06. The number of ether oxygens (including phenoxy) is 1. The molecule has 15 heavy (non-hydrogen) atoms. The fourth-order valence-electron chi connectivity index (χ4n) is 3.32. The van der Waals surface area contributed by atoms with Gasteiger partial charge in [-0.2, -0.15) is 0 Å². The van der Waals surface area contributed by atoms with Crippen LogP contribution in [0.1, 0.15) is 26.2 Å². The average Bonchev–Trinajstić information content (AvgIpc) is 2.76. The van der Waals surface area contributed by atoms with Crippen LogP contribution in [0.5, 0.6) is 0 Å². The molecule has 4 atom stereocenters. The van der Waals surface area contributed by atoms with Crippen molar-refractivity contribution >= 4 is 11.8 Å². The van der Waals surface area contributed by atoms with Crippen molar-refractivity contribution in [2.75, 3.05) is 6.61 Å². The molecule has 4 nitrogen and oxygen atoms in total. The van der Waals surface area contributed by atoms with Crippen LogP contribution in [0.25, 0.3) is 0 Å². The maximum absolute atomic E-state index is 11.8. The number of nitrogens with two attached hydrogens (primary N) is 1. The smallest absolute Gasteiger partial charge is 0.309 e. The minimum atomic E-state index is -0.148. The lowest BCUT2D eigenvalue weighted by Crippen LogP contribution is -2.38. The first-order valence-corrected chi connectivity index (χ1v) is 5.65. The number of rotatable bonds is 3. The van der Waals surface area contributed by atoms with Crippen LogP contribution < -0.4 is 5.73 Å². The van der Waals surface area contributed by atoms with Crippen molar-refractivity contribution in [1.29, 1.82) is 5.41 Å². The number of esters is 1. The molecule has 0 heterocycles. The van der Waals surface area contributed by atoms with Gasteiger partial charge >= 0.3 is 5.97 Å². The predicted molar refractivity (Wildman–Crippen MR) is 56.4 cm³/mol. The summed E-state index contributed by atoms with van der Waals surface area (Å²) in [5.41, 5.74) is 5.58. The second-order valence-electron chi connectivity index (χ2n) is 4.59. The predicted octanol–water partition coefficient (Wildman–Crippen LogP) is 1.15. The molecule has 0 radical (unpaired) electrons. The van der Waals surface area contributed by atoms with Crippen LogP contribution in [0.4, 0.5) is 0 Å². The van der Waals surface area contributed by atoms with Crippen molar-refractivity contribution in [2.45, 2.75) is 26.2 Å². The standard InChI is InChI=1S/C11H18N2O2/c1-2-15-11(14)9-7-4-3-6(5-7)8(9)10(12)13/h6-9H,2-5H2,1H3,(H3,12,13)/t6-,7+,8+,9+/m0/s1. The number of nitrogens with one attached hydrogen (secondary N) is 1. The van der Waals surface area contributed by atoms with Crippen molar-refractivity contribution < 1.29 is 9.53 Å². The van der Waals surface area contributed by atoms with Crippen LogP contribution in [0.3, 0.4) is 0 Å². The van der Waals surface area contributed by atoms with Crippen molar-refractivity contribution in [1.82, 2.24) is 0 Å². The highest BCUT2D eigenvalue weighted by Crippen LogP contribution is 2.52. The molecule has 2 bridgehead atoms. The molecular formula is C11H18N2O2. The molecule has 0 spiro atoms. The highest BCUT2D eigenvalue weighted by molar-refractivity contribution is 5.87. The van der Waals surface area contributed by atoms with E-state index in [2.05, 4.69) is 0 Å². The Morgan fingerprint density at radius 3 is 2.53 bits per heavy atom. The van der Waals surface area contributed by atoms with E-state index in [1.165, 1.54) is 0 Å². The molecule has 0 saturated heterocycles. The number of fused-ring (bicyclic) bond motifs is 2. The Bertz CT molecular complexity index is 290. The minimum Gasteiger partial charge on any atom is -0.466 e. The van der Waals surface area contributed by atoms with Crippen LogP contribution in [-0.4, -0.2) is 18.4 Å². The fourth-order valence-corrected chi connectivity index (χ4v) is 3.32. The molecule has 2 aliphatic rings. The summed E-state index contributed by atoms with van der Waals surface area (Å²) in [6.45, 7) is 2.23. The summed E-state index contributed by atoms with van der Waals surface area (Å²) in [6.07, 6.45) is 3.26. The normalized spacial score (nSPS) is 37.9. The van der Waals surface area contributed by atoms with Gasteiger partial charge in [0.1, 0.15) is 0 Å². The summed E-state index contributed by atoms with van der Waals surface area (Å²) in [5.74, 6) is 0.680. The zero-order valence-corrected chi connectivity index (χ0v) is 9.03. The first-order chi connectivity index (χ1) is 7.15. The topological polar surface area (TPSA) is 76.2 Å². The lowest BCUT2D eigenvalue weighted by molar-refractivity contribution is -0.150. The second-order valence-corrected chi connectivity index (χ2v) is 4.59. The zero-order chi connectivity index (χ0) is 11.0. The summed E-state index contributed by atoms with van der Waals surface area (Å²) in [4.78, 5) is 11.8. The number of carbonyl (C=O) groups excluding carboxylic acids is 1. The van der Waals surface area contributed by atoms with Gasteiger partial charge in [-0.15, -0.1) is 0 Å². The summed E-state index contributed by atoms with van der Waals surface area (Å²) in [7, 11) is 0. The van der Waals surface area contributed by atoms with E-state index in [1.54, 1.807) is 0 Å². The highest BCUT2D eigenvalue weighted by Gasteiger charge is 2.52. The van der Waals surface area contributed by atoms with Gasteiger partial charge in [-0.05, 0) is 38.0 Å². The third-order valence-corrected chi connectivity index (χ3v) is 3.83. The number of amidine groups is 1. The first kappa shape index (κ1) is 10.5. The van der Waals surface area contributed by atoms with E-state index in [0.29, 0.717) is 18.4 Å². The maximum atomic E-state index is 11.8. The molecule has 0 unspecified atom stereocenters. The molecule has 84 valence electrons. The van der Waals surface area contributed by atoms with Crippen LogP contribution in [-0.2, 0) is 9.53 Å². The third-order valence-electron chi connectivity index (χ3n) is 3.83. The van der Waals surface area contributed by atoms with Crippen molar-refractivity contribution in [3.05, 3.63) is 0 Å². The number of hydrogen-bond acceptors (Lipinski definition) is 3. The van der Waals surface area contributed by atoms with E-state index >= 15 is 0 Å². The van der Waals surface area contributed by atoms with E-state index in [4.69, 9.17) is 15.9 Å².